The zero-order valence-corrected chi connectivity index (χ0v) is 21.1. The molecule has 2 aromatic heterocycles. The molecule has 2 heterocycles. The van der Waals surface area contributed by atoms with Crippen molar-refractivity contribution in [2.24, 2.45) is 0 Å². The van der Waals surface area contributed by atoms with Gasteiger partial charge in [-0.25, -0.2) is 22.4 Å². The molecule has 0 aliphatic rings. The standard InChI is InChI=1S/C30H22F4N4/c1-29(2,19-13-15-21(32)28(36-5)27(19)34)23-10-7-11-25(38-23)30(3,4)24-9-6-8-22(37-24)17-12-14-20(31)18(16-35)26(17)33/h6-15H,1-4H3. The molecule has 0 spiro atoms. The van der Waals surface area contributed by atoms with Gasteiger partial charge in [-0.05, 0) is 61.9 Å². The highest BCUT2D eigenvalue weighted by Gasteiger charge is 2.33. The second-order valence-electron chi connectivity index (χ2n) is 9.83. The first-order chi connectivity index (χ1) is 17.9. The highest BCUT2D eigenvalue weighted by molar-refractivity contribution is 5.63. The monoisotopic (exact) mass is 514 g/mol. The quantitative estimate of drug-likeness (QED) is 0.202. The molecule has 2 aromatic carbocycles. The Morgan fingerprint density at radius 2 is 1.32 bits per heavy atom. The summed E-state index contributed by atoms with van der Waals surface area (Å²) in [6.07, 6.45) is 0. The zero-order chi connectivity index (χ0) is 27.8. The number of hydrogen-bond donors (Lipinski definition) is 0. The summed E-state index contributed by atoms with van der Waals surface area (Å²) in [5.41, 5.74) is -1.21. The van der Waals surface area contributed by atoms with Crippen molar-refractivity contribution in [2.45, 2.75) is 38.5 Å². The summed E-state index contributed by atoms with van der Waals surface area (Å²) in [7, 11) is 0. The molecule has 38 heavy (non-hydrogen) atoms. The maximum atomic E-state index is 15.1. The van der Waals surface area contributed by atoms with Crippen LogP contribution in [0.2, 0.25) is 0 Å². The number of halogens is 4. The Kier molecular flexibility index (Phi) is 6.78. The van der Waals surface area contributed by atoms with Gasteiger partial charge < -0.3 is 0 Å². The highest BCUT2D eigenvalue weighted by atomic mass is 19.1. The molecule has 8 heteroatoms. The van der Waals surface area contributed by atoms with E-state index < -0.39 is 45.3 Å². The van der Waals surface area contributed by atoms with E-state index in [1.54, 1.807) is 56.3 Å². The number of hydrogen-bond acceptors (Lipinski definition) is 3. The SMILES string of the molecule is [C-]#[N+]c1c(F)ccc(C(C)(C)c2cccc(C(C)(C)c3cccc(-c4ccc(F)c(C#N)c4F)n3)n2)c1F. The summed E-state index contributed by atoms with van der Waals surface area (Å²) < 4.78 is 57.7. The van der Waals surface area contributed by atoms with E-state index in [4.69, 9.17) is 16.8 Å². The first-order valence-corrected chi connectivity index (χ1v) is 11.6. The van der Waals surface area contributed by atoms with Crippen LogP contribution in [0, 0.1) is 41.2 Å². The van der Waals surface area contributed by atoms with E-state index in [-0.39, 0.29) is 16.8 Å². The molecule has 190 valence electrons. The topological polar surface area (TPSA) is 53.9 Å². The van der Waals surface area contributed by atoms with Crippen LogP contribution in [0.4, 0.5) is 23.2 Å². The molecule has 0 radical (unpaired) electrons. The number of nitriles is 1. The van der Waals surface area contributed by atoms with Gasteiger partial charge in [-0.3, -0.25) is 9.97 Å². The van der Waals surface area contributed by atoms with Gasteiger partial charge in [-0.1, -0.05) is 32.0 Å². The molecule has 4 nitrogen and oxygen atoms in total. The van der Waals surface area contributed by atoms with Gasteiger partial charge >= 0.3 is 0 Å². The Labute approximate surface area is 218 Å². The van der Waals surface area contributed by atoms with Gasteiger partial charge in [-0.2, -0.15) is 5.26 Å². The Balaban J connectivity index is 1.78. The fourth-order valence-electron chi connectivity index (χ4n) is 4.31. The third-order valence-electron chi connectivity index (χ3n) is 6.75. The van der Waals surface area contributed by atoms with Gasteiger partial charge in [0, 0.05) is 16.4 Å². The highest BCUT2D eigenvalue weighted by Crippen LogP contribution is 2.38. The molecule has 0 aliphatic heterocycles. The first kappa shape index (κ1) is 26.5. The number of benzene rings is 2. The molecule has 0 N–H and O–H groups in total. The Morgan fingerprint density at radius 3 is 1.95 bits per heavy atom. The summed E-state index contributed by atoms with van der Waals surface area (Å²) in [4.78, 5) is 12.4. The Morgan fingerprint density at radius 1 is 0.737 bits per heavy atom. The minimum Gasteiger partial charge on any atom is -0.256 e. The first-order valence-electron chi connectivity index (χ1n) is 11.6. The largest absolute Gasteiger partial charge is 0.257 e. The maximum absolute atomic E-state index is 15.1. The summed E-state index contributed by atoms with van der Waals surface area (Å²) >= 11 is 0. The van der Waals surface area contributed by atoms with Gasteiger partial charge in [0.25, 0.3) is 5.69 Å². The van der Waals surface area contributed by atoms with Crippen molar-refractivity contribution in [1.82, 2.24) is 9.97 Å². The molecule has 0 unspecified atom stereocenters. The van der Waals surface area contributed by atoms with Crippen molar-refractivity contribution in [1.29, 1.82) is 5.26 Å². The second kappa shape index (κ2) is 9.72. The van der Waals surface area contributed by atoms with Crippen LogP contribution in [-0.4, -0.2) is 9.97 Å². The summed E-state index contributed by atoms with van der Waals surface area (Å²) in [6.45, 7) is 14.3. The van der Waals surface area contributed by atoms with Crippen LogP contribution in [0.1, 0.15) is 55.9 Å². The fourth-order valence-corrected chi connectivity index (χ4v) is 4.31. The number of rotatable bonds is 5. The van der Waals surface area contributed by atoms with Crippen LogP contribution < -0.4 is 0 Å². The minimum absolute atomic E-state index is 0.00848. The van der Waals surface area contributed by atoms with Crippen LogP contribution in [0.5, 0.6) is 0 Å². The molecule has 4 aromatic rings. The lowest BCUT2D eigenvalue weighted by atomic mass is 9.79. The molecule has 0 bridgehead atoms. The normalized spacial score (nSPS) is 11.6. The van der Waals surface area contributed by atoms with Gasteiger partial charge in [0.15, 0.2) is 5.82 Å². The van der Waals surface area contributed by atoms with Crippen molar-refractivity contribution >= 4 is 5.69 Å². The average molecular weight is 515 g/mol. The number of nitrogens with zero attached hydrogens (tertiary/aromatic N) is 4. The van der Waals surface area contributed by atoms with Crippen molar-refractivity contribution in [3.05, 3.63) is 124 Å². The molecule has 0 atom stereocenters. The van der Waals surface area contributed by atoms with E-state index in [9.17, 15) is 13.2 Å². The lowest BCUT2D eigenvalue weighted by molar-refractivity contribution is 0.522. The zero-order valence-electron chi connectivity index (χ0n) is 21.1. The predicted molar refractivity (Wildman–Crippen MR) is 135 cm³/mol. The third-order valence-corrected chi connectivity index (χ3v) is 6.75. The lowest BCUT2D eigenvalue weighted by Crippen LogP contribution is -2.27. The molecular weight excluding hydrogens is 492 g/mol. The molecule has 0 aliphatic carbocycles. The van der Waals surface area contributed by atoms with Crippen molar-refractivity contribution in [3.8, 4) is 17.3 Å². The Bertz CT molecular complexity index is 1650. The van der Waals surface area contributed by atoms with Crippen molar-refractivity contribution in [2.75, 3.05) is 0 Å². The number of pyridine rings is 2. The molecule has 0 saturated carbocycles. The average Bonchev–Trinajstić information content (AvgIpc) is 2.89. The molecule has 0 saturated heterocycles. The summed E-state index contributed by atoms with van der Waals surface area (Å²) in [5, 5.41) is 9.12. The second-order valence-corrected chi connectivity index (χ2v) is 9.83. The third kappa shape index (κ3) is 4.39. The summed E-state index contributed by atoms with van der Waals surface area (Å²) in [6, 6.07) is 16.5. The van der Waals surface area contributed by atoms with E-state index >= 15 is 4.39 Å². The minimum atomic E-state index is -1.01. The van der Waals surface area contributed by atoms with E-state index in [0.29, 0.717) is 17.1 Å². The van der Waals surface area contributed by atoms with Crippen LogP contribution in [0.3, 0.4) is 0 Å². The molecule has 0 fully saturated rings. The van der Waals surface area contributed by atoms with Gasteiger partial charge in [-0.15, -0.1) is 0 Å². The van der Waals surface area contributed by atoms with Crippen molar-refractivity contribution < 1.29 is 17.6 Å². The molecular formula is C30H22F4N4. The van der Waals surface area contributed by atoms with Crippen LogP contribution in [0.25, 0.3) is 16.1 Å². The van der Waals surface area contributed by atoms with Crippen LogP contribution >= 0.6 is 0 Å². The number of aromatic nitrogens is 2. The van der Waals surface area contributed by atoms with Gasteiger partial charge in [0.05, 0.1) is 29.3 Å². The van der Waals surface area contributed by atoms with E-state index in [2.05, 4.69) is 9.83 Å². The van der Waals surface area contributed by atoms with Crippen LogP contribution in [-0.2, 0) is 10.8 Å². The van der Waals surface area contributed by atoms with Crippen molar-refractivity contribution in [3.63, 3.8) is 0 Å². The van der Waals surface area contributed by atoms with Gasteiger partial charge in [0.1, 0.15) is 29.1 Å². The molecule has 0 amide bonds. The van der Waals surface area contributed by atoms with E-state index in [1.165, 1.54) is 12.1 Å². The smallest absolute Gasteiger partial charge is 0.256 e. The molecule has 4 rings (SSSR count). The summed E-state index contributed by atoms with van der Waals surface area (Å²) in [5.74, 6) is -3.79. The Hall–Kier alpha value is -4.56. The van der Waals surface area contributed by atoms with E-state index in [1.807, 2.05) is 13.8 Å². The van der Waals surface area contributed by atoms with Crippen LogP contribution in [0.15, 0.2) is 60.7 Å². The van der Waals surface area contributed by atoms with E-state index in [0.717, 1.165) is 12.1 Å². The van der Waals surface area contributed by atoms with Gasteiger partial charge in [0.2, 0.25) is 0 Å². The lowest BCUT2D eigenvalue weighted by Gasteiger charge is -2.29. The predicted octanol–water partition coefficient (Wildman–Crippen LogP) is 7.77. The maximum Gasteiger partial charge on any atom is 0.257 e. The fraction of sp³-hybridized carbons (Fsp3) is 0.200.